The van der Waals surface area contributed by atoms with Gasteiger partial charge >= 0.3 is 17.9 Å². The summed E-state index contributed by atoms with van der Waals surface area (Å²) in [5.74, 6) is -4.90. The predicted molar refractivity (Wildman–Crippen MR) is 142 cm³/mol. The van der Waals surface area contributed by atoms with Crippen LogP contribution in [0.5, 0.6) is 0 Å². The van der Waals surface area contributed by atoms with E-state index in [1.54, 1.807) is 0 Å². The molecule has 0 aliphatic heterocycles. The minimum absolute atomic E-state index is 0.00311. The number of ketones is 3. The summed E-state index contributed by atoms with van der Waals surface area (Å²) in [5.41, 5.74) is 0. The summed E-state index contributed by atoms with van der Waals surface area (Å²) in [6, 6.07) is 0. The van der Waals surface area contributed by atoms with Gasteiger partial charge in [0.1, 0.15) is 24.4 Å². The zero-order chi connectivity index (χ0) is 31.9. The van der Waals surface area contributed by atoms with E-state index < -0.39 is 66.3 Å². The van der Waals surface area contributed by atoms with E-state index in [2.05, 4.69) is 0 Å². The average Bonchev–Trinajstić information content (AvgIpc) is 3.00. The van der Waals surface area contributed by atoms with Gasteiger partial charge in [0.2, 0.25) is 17.3 Å². The molecule has 42 heavy (non-hydrogen) atoms. The van der Waals surface area contributed by atoms with E-state index in [0.717, 1.165) is 0 Å². The molecule has 0 aromatic carbocycles. The van der Waals surface area contributed by atoms with E-state index in [1.165, 1.54) is 20.8 Å². The second-order valence-electron chi connectivity index (χ2n) is 8.86. The van der Waals surface area contributed by atoms with Crippen LogP contribution in [-0.2, 0) is 57.2 Å². The number of hydrogen-bond acceptors (Lipinski definition) is 15. The lowest BCUT2D eigenvalue weighted by atomic mass is 10.0. The van der Waals surface area contributed by atoms with Crippen LogP contribution in [0.2, 0.25) is 0 Å². The molecule has 0 spiro atoms. The number of carbonyl (C=O) groups excluding carboxylic acids is 6. The van der Waals surface area contributed by atoms with E-state index in [-0.39, 0.29) is 84.8 Å². The molecule has 0 heterocycles. The van der Waals surface area contributed by atoms with Crippen LogP contribution in [0, 0.1) is 0 Å². The Morgan fingerprint density at radius 1 is 0.595 bits per heavy atom. The van der Waals surface area contributed by atoms with E-state index >= 15 is 0 Å². The fourth-order valence-electron chi connectivity index (χ4n) is 3.10. The van der Waals surface area contributed by atoms with Gasteiger partial charge in [0, 0.05) is 45.1 Å². The van der Waals surface area contributed by atoms with Crippen LogP contribution in [0.3, 0.4) is 0 Å². The lowest BCUT2D eigenvalue weighted by molar-refractivity contribution is -0.170. The molecular formula is C27H44O15. The van der Waals surface area contributed by atoms with Crippen LogP contribution in [0.4, 0.5) is 0 Å². The van der Waals surface area contributed by atoms with Gasteiger partial charge in [-0.2, -0.15) is 0 Å². The Kier molecular flexibility index (Phi) is 22.1. The van der Waals surface area contributed by atoms with Crippen LogP contribution in [0.25, 0.3) is 0 Å². The minimum Gasteiger partial charge on any atom is -0.460 e. The molecule has 4 unspecified atom stereocenters. The fourth-order valence-corrected chi connectivity index (χ4v) is 3.10. The summed E-state index contributed by atoms with van der Waals surface area (Å²) < 4.78 is 31.0. The normalized spacial score (nSPS) is 13.9. The molecule has 3 N–H and O–H groups in total. The standard InChI is InChI=1S/C27H44O15/c1-4-18(29)25(34)40-13-7-10-37-17-21(32)23(33)24(39-12-9-15-42-27(36)20(31)6-3)22(16-28)38-11-8-14-41-26(35)19(30)5-2/h21-24,28,32-33H,4-17H2,1-3H3. The fraction of sp³-hybridized carbons (Fsp3) is 0.778. The molecule has 0 bridgehead atoms. The highest BCUT2D eigenvalue weighted by molar-refractivity contribution is 6.34. The van der Waals surface area contributed by atoms with Crippen molar-refractivity contribution in [2.24, 2.45) is 0 Å². The third-order valence-corrected chi connectivity index (χ3v) is 5.56. The van der Waals surface area contributed by atoms with Crippen molar-refractivity contribution in [2.75, 3.05) is 52.9 Å². The molecule has 242 valence electrons. The van der Waals surface area contributed by atoms with Gasteiger partial charge in [-0.3, -0.25) is 14.4 Å². The number of Topliss-reactive ketones (excluding diaryl/α,β-unsaturated/α-hetero) is 3. The maximum Gasteiger partial charge on any atom is 0.374 e. The van der Waals surface area contributed by atoms with Crippen LogP contribution in [0.15, 0.2) is 0 Å². The molecule has 0 saturated heterocycles. The minimum atomic E-state index is -1.62. The zero-order valence-corrected chi connectivity index (χ0v) is 24.4. The van der Waals surface area contributed by atoms with E-state index in [9.17, 15) is 44.1 Å². The lowest BCUT2D eigenvalue weighted by Gasteiger charge is -2.32. The Morgan fingerprint density at radius 3 is 1.40 bits per heavy atom. The van der Waals surface area contributed by atoms with Crippen molar-refractivity contribution in [3.05, 3.63) is 0 Å². The van der Waals surface area contributed by atoms with Crippen molar-refractivity contribution in [3.63, 3.8) is 0 Å². The third-order valence-electron chi connectivity index (χ3n) is 5.56. The van der Waals surface area contributed by atoms with Crippen molar-refractivity contribution >= 4 is 35.3 Å². The van der Waals surface area contributed by atoms with Gasteiger partial charge in [0.15, 0.2) is 0 Å². The first kappa shape index (κ1) is 39.2. The maximum absolute atomic E-state index is 11.5. The molecule has 0 rings (SSSR count). The smallest absolute Gasteiger partial charge is 0.374 e. The van der Waals surface area contributed by atoms with Crippen molar-refractivity contribution < 1.29 is 72.5 Å². The van der Waals surface area contributed by atoms with Crippen LogP contribution in [-0.4, -0.2) is 128 Å². The van der Waals surface area contributed by atoms with Gasteiger partial charge in [-0.05, 0) is 0 Å². The zero-order valence-electron chi connectivity index (χ0n) is 24.4. The highest BCUT2D eigenvalue weighted by Crippen LogP contribution is 2.14. The Balaban J connectivity index is 4.92. The number of aliphatic hydroxyl groups excluding tert-OH is 3. The molecule has 15 nitrogen and oxygen atoms in total. The van der Waals surface area contributed by atoms with Crippen LogP contribution >= 0.6 is 0 Å². The Hall–Kier alpha value is -2.82. The van der Waals surface area contributed by atoms with E-state index in [1.807, 2.05) is 0 Å². The highest BCUT2D eigenvalue weighted by Gasteiger charge is 2.34. The van der Waals surface area contributed by atoms with Gasteiger partial charge in [-0.1, -0.05) is 20.8 Å². The molecule has 4 atom stereocenters. The Bertz CT molecular complexity index is 843. The second kappa shape index (κ2) is 23.7. The van der Waals surface area contributed by atoms with E-state index in [0.29, 0.717) is 0 Å². The molecule has 0 saturated carbocycles. The number of ether oxygens (including phenoxy) is 6. The Labute approximate surface area is 244 Å². The molecular weight excluding hydrogens is 564 g/mol. The third kappa shape index (κ3) is 16.6. The van der Waals surface area contributed by atoms with Crippen molar-refractivity contribution in [3.8, 4) is 0 Å². The summed E-state index contributed by atoms with van der Waals surface area (Å²) in [4.78, 5) is 68.1. The molecule has 0 amide bonds. The van der Waals surface area contributed by atoms with E-state index in [4.69, 9.17) is 28.4 Å². The second-order valence-corrected chi connectivity index (χ2v) is 8.86. The lowest BCUT2D eigenvalue weighted by Crippen LogP contribution is -2.50. The first-order valence-electron chi connectivity index (χ1n) is 13.9. The van der Waals surface area contributed by atoms with Gasteiger partial charge in [-0.15, -0.1) is 0 Å². The number of hydrogen-bond donors (Lipinski definition) is 3. The molecule has 0 aliphatic carbocycles. The molecule has 15 heteroatoms. The first-order valence-corrected chi connectivity index (χ1v) is 13.9. The van der Waals surface area contributed by atoms with Crippen LogP contribution < -0.4 is 0 Å². The molecule has 0 radical (unpaired) electrons. The summed E-state index contributed by atoms with van der Waals surface area (Å²) in [6.45, 7) is 3.07. The number of esters is 3. The molecule has 0 aromatic heterocycles. The van der Waals surface area contributed by atoms with Crippen molar-refractivity contribution in [2.45, 2.75) is 83.7 Å². The topological polar surface area (TPSA) is 218 Å². The summed E-state index contributed by atoms with van der Waals surface area (Å²) in [5, 5.41) is 31.1. The molecule has 0 aromatic rings. The quantitative estimate of drug-likeness (QED) is 0.0475. The van der Waals surface area contributed by atoms with Crippen molar-refractivity contribution in [1.82, 2.24) is 0 Å². The number of rotatable bonds is 26. The predicted octanol–water partition coefficient (Wildman–Crippen LogP) is -0.775. The number of carbonyl (C=O) groups is 6. The largest absolute Gasteiger partial charge is 0.460 e. The summed E-state index contributed by atoms with van der Waals surface area (Å²) >= 11 is 0. The number of aliphatic hydroxyl groups is 3. The first-order chi connectivity index (χ1) is 20.0. The van der Waals surface area contributed by atoms with Gasteiger partial charge in [0.05, 0.1) is 46.2 Å². The van der Waals surface area contributed by atoms with Gasteiger partial charge in [0.25, 0.3) is 0 Å². The van der Waals surface area contributed by atoms with Crippen molar-refractivity contribution in [1.29, 1.82) is 0 Å². The van der Waals surface area contributed by atoms with Gasteiger partial charge in [-0.25, -0.2) is 14.4 Å². The van der Waals surface area contributed by atoms with Gasteiger partial charge < -0.3 is 43.7 Å². The summed E-state index contributed by atoms with van der Waals surface area (Å²) in [7, 11) is 0. The average molecular weight is 609 g/mol. The highest BCUT2D eigenvalue weighted by atomic mass is 16.6. The Morgan fingerprint density at radius 2 is 1.00 bits per heavy atom. The SMILES string of the molecule is CCC(=O)C(=O)OCCCOCC(O)C(O)C(OCCCOC(=O)C(=O)CC)C(CO)OCCCOC(=O)C(=O)CC. The monoisotopic (exact) mass is 608 g/mol. The molecule has 0 fully saturated rings. The maximum atomic E-state index is 11.5. The van der Waals surface area contributed by atoms with Crippen LogP contribution in [0.1, 0.15) is 59.3 Å². The molecule has 0 aliphatic rings. The summed E-state index contributed by atoms with van der Waals surface area (Å²) in [6.07, 6.45) is -5.03.